The molecule has 4 fully saturated rings. The number of nitrogens with two attached hydrogens (primary N) is 1. The summed E-state index contributed by atoms with van der Waals surface area (Å²) < 4.78 is 86.2. The second kappa shape index (κ2) is 20.2. The number of alkyl carbamates (subject to hydrolysis) is 1. The van der Waals surface area contributed by atoms with Crippen molar-refractivity contribution in [1.82, 2.24) is 39.6 Å². The van der Waals surface area contributed by atoms with Crippen molar-refractivity contribution in [3.05, 3.63) is 117 Å². The number of carbonyl (C=O) groups excluding carboxylic acids is 4. The summed E-state index contributed by atoms with van der Waals surface area (Å²) in [6, 6.07) is 10.1. The highest BCUT2D eigenvalue weighted by atomic mass is 19.1. The van der Waals surface area contributed by atoms with Crippen LogP contribution in [-0.4, -0.2) is 133 Å². The fourth-order valence-electron chi connectivity index (χ4n) is 13.3. The summed E-state index contributed by atoms with van der Waals surface area (Å²) in [6.45, 7) is 5.22. The highest BCUT2D eigenvalue weighted by Gasteiger charge is 2.52. The van der Waals surface area contributed by atoms with Crippen molar-refractivity contribution in [1.29, 1.82) is 0 Å². The second-order valence-corrected chi connectivity index (χ2v) is 22.2. The first-order valence-corrected chi connectivity index (χ1v) is 27.4. The Morgan fingerprint density at radius 3 is 2.57 bits per heavy atom. The van der Waals surface area contributed by atoms with E-state index in [2.05, 4.69) is 37.7 Å². The molecule has 4 aromatic heterocycles. The molecule has 2 bridgehead atoms. The molecule has 5 atom stereocenters. The smallest absolute Gasteiger partial charge is 0.407 e. The average molecular weight is 1150 g/mol. The highest BCUT2D eigenvalue weighted by molar-refractivity contribution is 6.03. The van der Waals surface area contributed by atoms with Crippen molar-refractivity contribution in [3.63, 3.8) is 0 Å². The number of benzene rings is 3. The molecule has 10 heterocycles. The Balaban J connectivity index is 0.698. The van der Waals surface area contributed by atoms with Crippen molar-refractivity contribution in [2.75, 3.05) is 56.6 Å². The lowest BCUT2D eigenvalue weighted by Crippen LogP contribution is -2.56. The molecule has 20 nitrogen and oxygen atoms in total. The zero-order valence-corrected chi connectivity index (χ0v) is 45.1. The van der Waals surface area contributed by atoms with Gasteiger partial charge in [-0.15, -0.1) is 6.42 Å². The van der Waals surface area contributed by atoms with E-state index in [1.165, 1.54) is 47.2 Å². The summed E-state index contributed by atoms with van der Waals surface area (Å²) in [7, 11) is 0. The number of aromatic hydroxyl groups is 1. The van der Waals surface area contributed by atoms with Gasteiger partial charge in [0.2, 0.25) is 5.60 Å². The molecule has 0 radical (unpaired) electrons. The van der Waals surface area contributed by atoms with Crippen LogP contribution in [0.4, 0.5) is 33.9 Å². The number of phenolic OH excluding ortho intramolecular Hbond substituents is 1. The van der Waals surface area contributed by atoms with Gasteiger partial charge in [0.15, 0.2) is 5.82 Å². The zero-order chi connectivity index (χ0) is 58.7. The minimum atomic E-state index is -2.10. The molecule has 0 spiro atoms. The van der Waals surface area contributed by atoms with Crippen LogP contribution in [0.15, 0.2) is 71.7 Å². The molecule has 1 unspecified atom stereocenters. The number of anilines is 2. The second-order valence-electron chi connectivity index (χ2n) is 22.2. The average Bonchev–Trinajstić information content (AvgIpc) is 1.78. The van der Waals surface area contributed by atoms with Crippen LogP contribution in [0.1, 0.15) is 67.7 Å². The van der Waals surface area contributed by atoms with E-state index < -0.39 is 96.1 Å². The number of rotatable bonds is 12. The number of piperazine rings is 1. The van der Waals surface area contributed by atoms with Crippen LogP contribution in [0.5, 0.6) is 11.8 Å². The first kappa shape index (κ1) is 53.9. The summed E-state index contributed by atoms with van der Waals surface area (Å²) in [5.74, 6) is -2.52. The molecule has 24 heteroatoms. The maximum Gasteiger partial charge on any atom is 0.407 e. The van der Waals surface area contributed by atoms with Gasteiger partial charge in [-0.25, -0.2) is 32.1 Å². The number of aromatic nitrogens is 5. The maximum atomic E-state index is 17.4. The van der Waals surface area contributed by atoms with Gasteiger partial charge in [-0.2, -0.15) is 9.97 Å². The first-order chi connectivity index (χ1) is 40.4. The van der Waals surface area contributed by atoms with E-state index in [0.717, 1.165) is 12.5 Å². The van der Waals surface area contributed by atoms with E-state index >= 15 is 8.78 Å². The predicted molar refractivity (Wildman–Crippen MR) is 295 cm³/mol. The Bertz CT molecular complexity index is 4160. The van der Waals surface area contributed by atoms with E-state index in [4.69, 9.17) is 36.1 Å². The van der Waals surface area contributed by atoms with Crippen LogP contribution < -0.4 is 26.2 Å². The lowest BCUT2D eigenvalue weighted by atomic mass is 9.85. The molecule has 13 rings (SSSR count). The van der Waals surface area contributed by atoms with Gasteiger partial charge in [0.05, 0.1) is 63.3 Å². The Morgan fingerprint density at radius 2 is 1.80 bits per heavy atom. The third-order valence-corrected chi connectivity index (χ3v) is 17.3. The number of fused-ring (bicyclic) bond motifs is 10. The van der Waals surface area contributed by atoms with Crippen LogP contribution in [-0.2, 0) is 47.3 Å². The van der Waals surface area contributed by atoms with E-state index in [-0.39, 0.29) is 124 Å². The Kier molecular flexibility index (Phi) is 13.0. The highest BCUT2D eigenvalue weighted by Crippen LogP contribution is 2.45. The van der Waals surface area contributed by atoms with Gasteiger partial charge in [0.25, 0.3) is 11.5 Å². The summed E-state index contributed by atoms with van der Waals surface area (Å²) in [4.78, 5) is 92.5. The number of pyridine rings is 3. The molecule has 4 N–H and O–H groups in total. The number of hydrogen-bond acceptors (Lipinski definition) is 17. The fraction of sp³-hybridized carbons (Fsp3) is 0.350. The van der Waals surface area contributed by atoms with Crippen molar-refractivity contribution in [2.24, 2.45) is 0 Å². The topological polar surface area (TPSA) is 247 Å². The van der Waals surface area contributed by atoms with Gasteiger partial charge in [0.1, 0.15) is 66.9 Å². The van der Waals surface area contributed by atoms with Gasteiger partial charge in [-0.3, -0.25) is 24.3 Å². The molecule has 430 valence electrons. The number of terminal acetylenes is 1. The van der Waals surface area contributed by atoms with Gasteiger partial charge in [0, 0.05) is 71.4 Å². The molecule has 2 amide bonds. The van der Waals surface area contributed by atoms with Gasteiger partial charge >= 0.3 is 24.0 Å². The van der Waals surface area contributed by atoms with Gasteiger partial charge < -0.3 is 49.5 Å². The Labute approximate surface area is 475 Å². The van der Waals surface area contributed by atoms with Crippen molar-refractivity contribution in [3.8, 4) is 46.7 Å². The SMILES string of the molecule is C#Cc1c(F)ccc2cc(O)cc(-c3ncc4c(N5CC6CC[C@H](C5)N6C(=O)C(=C)COC(=O)NCC(=O)O[C@]5(CC)C(=O)OCc6c5cc5n(c6=O)Cc6cc7cc(N)c(F)cc7nc6-5)nc(OC[C@@]56CCCN5C[C@H](F)C6)nc4c3F)c12. The van der Waals surface area contributed by atoms with Crippen molar-refractivity contribution in [2.45, 2.75) is 88.0 Å². The molecule has 4 saturated heterocycles. The number of ether oxygens (including phenoxy) is 4. The quantitative estimate of drug-likeness (QED) is 0.0291. The number of alkyl halides is 1. The number of nitrogens with one attached hydrogen (secondary N) is 1. The fourth-order valence-corrected chi connectivity index (χ4v) is 13.3. The summed E-state index contributed by atoms with van der Waals surface area (Å²) >= 11 is 0. The van der Waals surface area contributed by atoms with Crippen molar-refractivity contribution < 1.29 is 60.8 Å². The third kappa shape index (κ3) is 8.73. The van der Waals surface area contributed by atoms with Crippen LogP contribution in [0.3, 0.4) is 0 Å². The monoisotopic (exact) mass is 1150 g/mol. The lowest BCUT2D eigenvalue weighted by Gasteiger charge is -2.42. The van der Waals surface area contributed by atoms with Crippen molar-refractivity contribution >= 4 is 68.0 Å². The minimum absolute atomic E-state index is 0.0190. The number of phenols is 1. The van der Waals surface area contributed by atoms with Gasteiger partial charge in [-0.05, 0) is 80.4 Å². The molecule has 84 heavy (non-hydrogen) atoms. The third-order valence-electron chi connectivity index (χ3n) is 17.3. The Morgan fingerprint density at radius 1 is 1.00 bits per heavy atom. The standard InChI is InChI=1S/C60H52F4N10O10/c1-4-37-42(62)10-7-30-14-36(75)16-38(48(30)37)51-49(64)52-39(20-66-51)53(70-57(69-52)83-28-59-11-6-12-72(59)23-33(61)19-59)71-24-34-8-9-35(25-71)74(34)54(77)29(3)26-82-58(80)67-21-47(76)84-60(5-2)41-17-46-50-32(13-31-15-44(65)43(63)18-45(31)68-50)22-73(46)55(78)40(41)27-81-56(60)79/h1,7,10,13-18,20,33-35,75H,3,5-6,8-9,11-12,19,21-28,65H2,2H3,(H,67,80)/t33-,34-,35?,59+,60+/m1/s1. The van der Waals surface area contributed by atoms with E-state index in [9.17, 15) is 37.9 Å². The maximum absolute atomic E-state index is 17.4. The predicted octanol–water partition coefficient (Wildman–Crippen LogP) is 6.59. The first-order valence-electron chi connectivity index (χ1n) is 27.4. The molecule has 6 aliphatic heterocycles. The van der Waals surface area contributed by atoms with Crippen LogP contribution in [0, 0.1) is 29.8 Å². The molecule has 6 aliphatic rings. The molecule has 3 aromatic carbocycles. The number of carbonyl (C=O) groups is 4. The van der Waals surface area contributed by atoms with Crippen LogP contribution in [0.25, 0.3) is 55.2 Å². The molecular weight excluding hydrogens is 1100 g/mol. The molecule has 7 aromatic rings. The van der Waals surface area contributed by atoms with E-state index in [0.29, 0.717) is 53.5 Å². The molecular formula is C60H52F4N10O10. The molecule has 0 saturated carbocycles. The van der Waals surface area contributed by atoms with E-state index in [1.807, 2.05) is 4.90 Å². The number of amides is 2. The summed E-state index contributed by atoms with van der Waals surface area (Å²) in [6.07, 6.45) is 7.70. The van der Waals surface area contributed by atoms with Crippen LogP contribution in [0.2, 0.25) is 0 Å². The largest absolute Gasteiger partial charge is 0.508 e. The number of nitrogen functional groups attached to an aromatic ring is 1. The number of nitrogens with zero attached hydrogens (tertiary/aromatic N) is 8. The van der Waals surface area contributed by atoms with Crippen LogP contribution >= 0.6 is 0 Å². The number of halogens is 4. The summed E-state index contributed by atoms with van der Waals surface area (Å²) in [5, 5.41) is 14.3. The van der Waals surface area contributed by atoms with Gasteiger partial charge in [-0.1, -0.05) is 25.5 Å². The number of hydrogen-bond donors (Lipinski definition) is 3. The Hall–Kier alpha value is -9.37. The minimum Gasteiger partial charge on any atom is -0.508 e. The summed E-state index contributed by atoms with van der Waals surface area (Å²) in [5.41, 5.74) is 3.57. The zero-order valence-electron chi connectivity index (χ0n) is 45.1. The molecule has 0 aliphatic carbocycles. The number of cyclic esters (lactones) is 1. The number of esters is 2. The lowest BCUT2D eigenvalue weighted by molar-refractivity contribution is -0.188. The normalized spacial score (nSPS) is 22.1. The van der Waals surface area contributed by atoms with E-state index in [1.54, 1.807) is 17.9 Å².